The maximum Gasteiger partial charge on any atom is 0.157 e. The first kappa shape index (κ1) is 10.8. The number of hydrogen-bond donors (Lipinski definition) is 2. The van der Waals surface area contributed by atoms with Crippen molar-refractivity contribution < 1.29 is 4.74 Å². The van der Waals surface area contributed by atoms with Gasteiger partial charge in [-0.3, -0.25) is 0 Å². The Hall–Kier alpha value is -1.32. The molecule has 0 aliphatic carbocycles. The molecule has 1 heterocycles. The molecule has 1 rings (SSSR count). The van der Waals surface area contributed by atoms with Crippen LogP contribution in [0.25, 0.3) is 0 Å². The molecule has 6 heteroatoms. The minimum atomic E-state index is 0.298. The first-order valence-corrected chi connectivity index (χ1v) is 4.95. The van der Waals surface area contributed by atoms with Gasteiger partial charge in [0.2, 0.25) is 0 Å². The Bertz CT molecular complexity index is 331. The molecule has 14 heavy (non-hydrogen) atoms. The smallest absolute Gasteiger partial charge is 0.157 e. The minimum absolute atomic E-state index is 0.298. The van der Waals surface area contributed by atoms with Gasteiger partial charge in [-0.05, 0) is 18.0 Å². The van der Waals surface area contributed by atoms with Gasteiger partial charge < -0.3 is 15.8 Å². The topological polar surface area (TPSA) is 84.0 Å². The number of nitrogens with zero attached hydrogens (tertiary/aromatic N) is 2. The zero-order chi connectivity index (χ0) is 10.4. The average molecular weight is 212 g/mol. The molecule has 1 aromatic heterocycles. The van der Waals surface area contributed by atoms with Gasteiger partial charge >= 0.3 is 0 Å². The number of anilines is 2. The lowest BCUT2D eigenvalue weighted by molar-refractivity contribution is 0.198. The molecule has 3 N–H and O–H groups in total. The van der Waals surface area contributed by atoms with Gasteiger partial charge in [-0.1, -0.05) is 0 Å². The van der Waals surface area contributed by atoms with Crippen molar-refractivity contribution in [2.24, 2.45) is 0 Å². The highest BCUT2D eigenvalue weighted by atomic mass is 32.1. The Balaban J connectivity index is 2.47. The Morgan fingerprint density at radius 1 is 1.71 bits per heavy atom. The summed E-state index contributed by atoms with van der Waals surface area (Å²) in [6.07, 6.45) is 0.888. The summed E-state index contributed by atoms with van der Waals surface area (Å²) in [6, 6.07) is 2.01. The number of nitrogens with two attached hydrogens (primary N) is 1. The van der Waals surface area contributed by atoms with E-state index in [1.54, 1.807) is 7.11 Å². The highest BCUT2D eigenvalue weighted by Gasteiger charge is 2.09. The largest absolute Gasteiger partial charge is 0.385 e. The van der Waals surface area contributed by atoms with E-state index in [1.165, 1.54) is 11.5 Å². The van der Waals surface area contributed by atoms with Gasteiger partial charge in [0.15, 0.2) is 5.82 Å². The minimum Gasteiger partial charge on any atom is -0.385 e. The summed E-state index contributed by atoms with van der Waals surface area (Å²) in [7, 11) is 1.66. The van der Waals surface area contributed by atoms with Gasteiger partial charge in [0.1, 0.15) is 16.6 Å². The molecule has 0 aliphatic heterocycles. The maximum absolute atomic E-state index is 8.76. The molecular weight excluding hydrogens is 200 g/mol. The van der Waals surface area contributed by atoms with Crippen molar-refractivity contribution in [2.45, 2.75) is 6.42 Å². The van der Waals surface area contributed by atoms with Gasteiger partial charge in [-0.15, -0.1) is 0 Å². The van der Waals surface area contributed by atoms with Gasteiger partial charge in [0.05, 0.1) is 0 Å². The van der Waals surface area contributed by atoms with Crippen LogP contribution in [0.4, 0.5) is 10.8 Å². The van der Waals surface area contributed by atoms with E-state index in [2.05, 4.69) is 9.69 Å². The third-order valence-corrected chi connectivity index (χ3v) is 2.46. The van der Waals surface area contributed by atoms with E-state index >= 15 is 0 Å². The Labute approximate surface area is 86.7 Å². The third-order valence-electron chi connectivity index (χ3n) is 1.64. The lowest BCUT2D eigenvalue weighted by atomic mass is 10.3. The predicted octanol–water partition coefficient (Wildman–Crippen LogP) is 1.05. The second kappa shape index (κ2) is 5.42. The molecular formula is C8H12N4OS. The summed E-state index contributed by atoms with van der Waals surface area (Å²) < 4.78 is 8.79. The number of rotatable bonds is 5. The van der Waals surface area contributed by atoms with E-state index < -0.39 is 0 Å². The number of nitriles is 1. The van der Waals surface area contributed by atoms with Crippen LogP contribution >= 0.6 is 11.5 Å². The van der Waals surface area contributed by atoms with Crippen LogP contribution in [-0.2, 0) is 4.74 Å². The molecule has 0 unspecified atom stereocenters. The molecule has 0 amide bonds. The SMILES string of the molecule is COCCCNc1snc(N)c1C#N. The zero-order valence-corrected chi connectivity index (χ0v) is 8.73. The van der Waals surface area contributed by atoms with E-state index in [0.29, 0.717) is 18.0 Å². The quantitative estimate of drug-likeness (QED) is 0.712. The number of ether oxygens (including phenoxy) is 1. The van der Waals surface area contributed by atoms with Crippen LogP contribution in [0.5, 0.6) is 0 Å². The molecule has 0 bridgehead atoms. The molecule has 5 nitrogen and oxygen atoms in total. The summed E-state index contributed by atoms with van der Waals surface area (Å²) >= 11 is 1.21. The van der Waals surface area contributed by atoms with Crippen LogP contribution in [0.3, 0.4) is 0 Å². The number of hydrogen-bond acceptors (Lipinski definition) is 6. The molecule has 76 valence electrons. The van der Waals surface area contributed by atoms with Crippen LogP contribution in [0.2, 0.25) is 0 Å². The summed E-state index contributed by atoms with van der Waals surface area (Å²) in [5.74, 6) is 0.298. The fraction of sp³-hybridized carbons (Fsp3) is 0.500. The van der Waals surface area contributed by atoms with Crippen LogP contribution in [0.15, 0.2) is 0 Å². The zero-order valence-electron chi connectivity index (χ0n) is 7.91. The van der Waals surface area contributed by atoms with Gasteiger partial charge in [0.25, 0.3) is 0 Å². The Kier molecular flexibility index (Phi) is 4.16. The highest BCUT2D eigenvalue weighted by molar-refractivity contribution is 7.10. The lowest BCUT2D eigenvalue weighted by Gasteiger charge is -2.02. The monoisotopic (exact) mass is 212 g/mol. The van der Waals surface area contributed by atoms with Gasteiger partial charge in [-0.25, -0.2) is 0 Å². The van der Waals surface area contributed by atoms with E-state index in [0.717, 1.165) is 18.0 Å². The summed E-state index contributed by atoms with van der Waals surface area (Å²) in [5.41, 5.74) is 5.93. The van der Waals surface area contributed by atoms with Gasteiger partial charge in [0, 0.05) is 20.3 Å². The molecule has 0 aliphatic rings. The molecule has 0 spiro atoms. The van der Waals surface area contributed by atoms with Crippen molar-refractivity contribution in [2.75, 3.05) is 31.3 Å². The third kappa shape index (κ3) is 2.58. The first-order chi connectivity index (χ1) is 6.79. The summed E-state index contributed by atoms with van der Waals surface area (Å²) in [6.45, 7) is 1.45. The van der Waals surface area contributed by atoms with Crippen molar-refractivity contribution in [1.82, 2.24) is 4.37 Å². The number of nitrogens with one attached hydrogen (secondary N) is 1. The second-order valence-electron chi connectivity index (χ2n) is 2.66. The summed E-state index contributed by atoms with van der Waals surface area (Å²) in [4.78, 5) is 0. The van der Waals surface area contributed by atoms with E-state index in [4.69, 9.17) is 15.7 Å². The molecule has 0 atom stereocenters. The standard InChI is InChI=1S/C8H12N4OS/c1-13-4-2-3-11-8-6(5-9)7(10)12-14-8/h11H,2-4H2,1H3,(H2,10,12). The summed E-state index contributed by atoms with van der Waals surface area (Å²) in [5, 5.41) is 12.6. The van der Waals surface area contributed by atoms with Crippen LogP contribution in [0.1, 0.15) is 12.0 Å². The molecule has 0 saturated carbocycles. The van der Waals surface area contributed by atoms with Crippen molar-refractivity contribution in [3.8, 4) is 6.07 Å². The fourth-order valence-electron chi connectivity index (χ4n) is 0.950. The first-order valence-electron chi connectivity index (χ1n) is 4.17. The molecule has 0 saturated heterocycles. The fourth-order valence-corrected chi connectivity index (χ4v) is 1.64. The Morgan fingerprint density at radius 3 is 3.14 bits per heavy atom. The maximum atomic E-state index is 8.76. The lowest BCUT2D eigenvalue weighted by Crippen LogP contribution is -2.04. The van der Waals surface area contributed by atoms with Crippen LogP contribution < -0.4 is 11.1 Å². The molecule has 0 aromatic carbocycles. The number of methoxy groups -OCH3 is 1. The predicted molar refractivity (Wildman–Crippen MR) is 56.2 cm³/mol. The van der Waals surface area contributed by atoms with Crippen LogP contribution in [-0.4, -0.2) is 24.6 Å². The number of nitrogen functional groups attached to an aromatic ring is 1. The highest BCUT2D eigenvalue weighted by Crippen LogP contribution is 2.25. The van der Waals surface area contributed by atoms with Crippen LogP contribution in [0, 0.1) is 11.3 Å². The van der Waals surface area contributed by atoms with E-state index in [1.807, 2.05) is 6.07 Å². The Morgan fingerprint density at radius 2 is 2.50 bits per heavy atom. The van der Waals surface area contributed by atoms with Crippen molar-refractivity contribution >= 4 is 22.4 Å². The van der Waals surface area contributed by atoms with Gasteiger partial charge in [-0.2, -0.15) is 9.64 Å². The van der Waals surface area contributed by atoms with E-state index in [-0.39, 0.29) is 0 Å². The average Bonchev–Trinajstić information content (AvgIpc) is 2.54. The molecule has 0 radical (unpaired) electrons. The normalized spacial score (nSPS) is 9.71. The molecule has 0 fully saturated rings. The molecule has 1 aromatic rings. The van der Waals surface area contributed by atoms with E-state index in [9.17, 15) is 0 Å². The second-order valence-corrected chi connectivity index (χ2v) is 3.43. The van der Waals surface area contributed by atoms with Crippen molar-refractivity contribution in [1.29, 1.82) is 5.26 Å². The number of aromatic nitrogens is 1. The van der Waals surface area contributed by atoms with Crippen molar-refractivity contribution in [3.05, 3.63) is 5.56 Å². The van der Waals surface area contributed by atoms with Crippen molar-refractivity contribution in [3.63, 3.8) is 0 Å².